The zero-order chi connectivity index (χ0) is 10.1. The largest absolute Gasteiger partial charge is 0.354 e. The van der Waals surface area contributed by atoms with E-state index in [0.29, 0.717) is 0 Å². The smallest absolute Gasteiger partial charge is 0.171 e. The van der Waals surface area contributed by atoms with Gasteiger partial charge in [-0.25, -0.2) is 0 Å². The molecule has 0 saturated heterocycles. The Hall–Kier alpha value is -0.560. The van der Waals surface area contributed by atoms with Gasteiger partial charge in [-0.05, 0) is 13.8 Å². The number of hydrogen-bond acceptors (Lipinski definition) is 3. The molecule has 0 aliphatic carbocycles. The summed E-state index contributed by atoms with van der Waals surface area (Å²) in [5, 5.41) is 3.27. The molecule has 13 heavy (non-hydrogen) atoms. The van der Waals surface area contributed by atoms with Crippen molar-refractivity contribution < 1.29 is 9.47 Å². The molecular formula is C10H19NO2. The molecule has 1 atom stereocenters. The third-order valence-electron chi connectivity index (χ3n) is 1.77. The summed E-state index contributed by atoms with van der Waals surface area (Å²) in [6.45, 7) is 4.73. The van der Waals surface area contributed by atoms with Crippen LogP contribution in [0, 0.1) is 11.8 Å². The van der Waals surface area contributed by atoms with Crippen LogP contribution in [0.2, 0.25) is 0 Å². The van der Waals surface area contributed by atoms with Gasteiger partial charge < -0.3 is 14.8 Å². The topological polar surface area (TPSA) is 30.5 Å². The van der Waals surface area contributed by atoms with E-state index in [1.165, 1.54) is 0 Å². The van der Waals surface area contributed by atoms with Crippen LogP contribution in [-0.2, 0) is 9.47 Å². The molecule has 0 aromatic rings. The van der Waals surface area contributed by atoms with Crippen molar-refractivity contribution in [2.24, 2.45) is 0 Å². The van der Waals surface area contributed by atoms with Crippen molar-refractivity contribution in [3.63, 3.8) is 0 Å². The Labute approximate surface area is 80.8 Å². The normalized spacial score (nSPS) is 12.4. The van der Waals surface area contributed by atoms with Gasteiger partial charge in [0.1, 0.15) is 0 Å². The summed E-state index contributed by atoms with van der Waals surface area (Å²) in [6.07, 6.45) is 0.677. The lowest BCUT2D eigenvalue weighted by Crippen LogP contribution is -2.39. The Balaban J connectivity index is 3.57. The molecular weight excluding hydrogens is 166 g/mol. The Morgan fingerprint density at radius 3 is 2.38 bits per heavy atom. The minimum absolute atomic E-state index is 0.186. The standard InChI is InChI=1S/C10H19NO2/c1-5-6-7-8-11-9(2)10(12-3)13-4/h9-11H,7-8H2,1-4H3. The summed E-state index contributed by atoms with van der Waals surface area (Å²) in [7, 11) is 3.27. The van der Waals surface area contributed by atoms with Crippen molar-refractivity contribution >= 4 is 0 Å². The van der Waals surface area contributed by atoms with Crippen molar-refractivity contribution in [1.82, 2.24) is 5.32 Å². The maximum atomic E-state index is 5.10. The molecule has 0 aliphatic rings. The first-order chi connectivity index (χ1) is 6.26. The maximum absolute atomic E-state index is 5.10. The lowest BCUT2D eigenvalue weighted by atomic mass is 10.3. The molecule has 0 aromatic carbocycles. The first kappa shape index (κ1) is 12.4. The summed E-state index contributed by atoms with van der Waals surface area (Å²) >= 11 is 0. The monoisotopic (exact) mass is 185 g/mol. The van der Waals surface area contributed by atoms with Crippen LogP contribution in [0.4, 0.5) is 0 Å². The fourth-order valence-electron chi connectivity index (χ4n) is 1.09. The van der Waals surface area contributed by atoms with Crippen LogP contribution in [-0.4, -0.2) is 33.1 Å². The molecule has 76 valence electrons. The van der Waals surface area contributed by atoms with E-state index < -0.39 is 0 Å². The summed E-state index contributed by atoms with van der Waals surface area (Å²) < 4.78 is 10.2. The fraction of sp³-hybridized carbons (Fsp3) is 0.800. The van der Waals surface area contributed by atoms with Crippen LogP contribution in [0.3, 0.4) is 0 Å². The lowest BCUT2D eigenvalue weighted by Gasteiger charge is -2.21. The lowest BCUT2D eigenvalue weighted by molar-refractivity contribution is -0.119. The number of methoxy groups -OCH3 is 2. The summed E-state index contributed by atoms with van der Waals surface area (Å²) in [4.78, 5) is 0. The molecule has 0 aromatic heterocycles. The third kappa shape index (κ3) is 5.64. The van der Waals surface area contributed by atoms with E-state index >= 15 is 0 Å². The van der Waals surface area contributed by atoms with E-state index in [9.17, 15) is 0 Å². The zero-order valence-corrected chi connectivity index (χ0v) is 8.89. The van der Waals surface area contributed by atoms with Gasteiger partial charge in [-0.15, -0.1) is 11.8 Å². The zero-order valence-electron chi connectivity index (χ0n) is 8.89. The van der Waals surface area contributed by atoms with Crippen LogP contribution in [0.15, 0.2) is 0 Å². The highest BCUT2D eigenvalue weighted by atomic mass is 16.7. The number of ether oxygens (including phenoxy) is 2. The molecule has 0 radical (unpaired) electrons. The van der Waals surface area contributed by atoms with Crippen LogP contribution in [0.1, 0.15) is 20.3 Å². The van der Waals surface area contributed by atoms with Crippen LogP contribution >= 0.6 is 0 Å². The molecule has 0 bridgehead atoms. The van der Waals surface area contributed by atoms with Gasteiger partial charge in [0.15, 0.2) is 6.29 Å². The second-order valence-corrected chi connectivity index (χ2v) is 2.76. The van der Waals surface area contributed by atoms with Gasteiger partial charge in [0.05, 0.1) is 6.04 Å². The molecule has 0 heterocycles. The van der Waals surface area contributed by atoms with Crippen molar-refractivity contribution in [3.05, 3.63) is 0 Å². The van der Waals surface area contributed by atoms with Gasteiger partial charge in [-0.2, -0.15) is 0 Å². The maximum Gasteiger partial charge on any atom is 0.171 e. The second-order valence-electron chi connectivity index (χ2n) is 2.76. The average molecular weight is 185 g/mol. The van der Waals surface area contributed by atoms with Gasteiger partial charge >= 0.3 is 0 Å². The molecule has 0 rings (SSSR count). The quantitative estimate of drug-likeness (QED) is 0.380. The van der Waals surface area contributed by atoms with Gasteiger partial charge in [0.25, 0.3) is 0 Å². The van der Waals surface area contributed by atoms with Gasteiger partial charge in [-0.3, -0.25) is 0 Å². The average Bonchev–Trinajstić information content (AvgIpc) is 2.14. The first-order valence-electron chi connectivity index (χ1n) is 4.44. The van der Waals surface area contributed by atoms with Crippen LogP contribution in [0.25, 0.3) is 0 Å². The molecule has 0 fully saturated rings. The third-order valence-corrected chi connectivity index (χ3v) is 1.77. The first-order valence-corrected chi connectivity index (χ1v) is 4.44. The van der Waals surface area contributed by atoms with Crippen LogP contribution in [0.5, 0.6) is 0 Å². The molecule has 1 N–H and O–H groups in total. The highest BCUT2D eigenvalue weighted by Crippen LogP contribution is 1.97. The highest BCUT2D eigenvalue weighted by molar-refractivity contribution is 4.95. The Kier molecular flexibility index (Phi) is 7.71. The Morgan fingerprint density at radius 1 is 1.31 bits per heavy atom. The van der Waals surface area contributed by atoms with Crippen LogP contribution < -0.4 is 5.32 Å². The summed E-state index contributed by atoms with van der Waals surface area (Å²) in [5.41, 5.74) is 0. The molecule has 1 unspecified atom stereocenters. The van der Waals surface area contributed by atoms with E-state index in [1.807, 2.05) is 13.8 Å². The molecule has 3 nitrogen and oxygen atoms in total. The highest BCUT2D eigenvalue weighted by Gasteiger charge is 2.13. The number of hydrogen-bond donors (Lipinski definition) is 1. The van der Waals surface area contributed by atoms with Gasteiger partial charge in [0.2, 0.25) is 0 Å². The van der Waals surface area contributed by atoms with E-state index in [1.54, 1.807) is 14.2 Å². The second kappa shape index (κ2) is 8.06. The van der Waals surface area contributed by atoms with Crippen molar-refractivity contribution in [3.8, 4) is 11.8 Å². The summed E-state index contributed by atoms with van der Waals surface area (Å²) in [5.74, 6) is 5.83. The van der Waals surface area contributed by atoms with Gasteiger partial charge in [-0.1, -0.05) is 0 Å². The minimum atomic E-state index is -0.186. The van der Waals surface area contributed by atoms with E-state index in [4.69, 9.17) is 9.47 Å². The SMILES string of the molecule is CC#CCCNC(C)C(OC)OC. The Morgan fingerprint density at radius 2 is 1.92 bits per heavy atom. The molecule has 0 aliphatic heterocycles. The van der Waals surface area contributed by atoms with Gasteiger partial charge in [0, 0.05) is 27.2 Å². The molecule has 3 heteroatoms. The van der Waals surface area contributed by atoms with Crippen molar-refractivity contribution in [1.29, 1.82) is 0 Å². The Bertz CT molecular complexity index is 167. The minimum Gasteiger partial charge on any atom is -0.354 e. The fourth-order valence-corrected chi connectivity index (χ4v) is 1.09. The molecule has 0 saturated carbocycles. The predicted molar refractivity (Wildman–Crippen MR) is 53.3 cm³/mol. The predicted octanol–water partition coefficient (Wildman–Crippen LogP) is 0.997. The van der Waals surface area contributed by atoms with E-state index in [2.05, 4.69) is 17.2 Å². The molecule has 0 spiro atoms. The molecule has 0 amide bonds. The summed E-state index contributed by atoms with van der Waals surface area (Å²) in [6, 6.07) is 0.189. The number of nitrogens with one attached hydrogen (secondary N) is 1. The van der Waals surface area contributed by atoms with E-state index in [-0.39, 0.29) is 12.3 Å². The number of rotatable bonds is 6. The van der Waals surface area contributed by atoms with E-state index in [0.717, 1.165) is 13.0 Å². The van der Waals surface area contributed by atoms with Crippen molar-refractivity contribution in [2.45, 2.75) is 32.6 Å². The van der Waals surface area contributed by atoms with Crippen molar-refractivity contribution in [2.75, 3.05) is 20.8 Å².